The van der Waals surface area contributed by atoms with Crippen molar-refractivity contribution in [2.75, 3.05) is 24.2 Å². The Morgan fingerprint density at radius 3 is 2.38 bits per heavy atom. The summed E-state index contributed by atoms with van der Waals surface area (Å²) in [5, 5.41) is 9.74. The van der Waals surface area contributed by atoms with E-state index in [4.69, 9.17) is 4.74 Å². The van der Waals surface area contributed by atoms with E-state index in [2.05, 4.69) is 46.2 Å². The van der Waals surface area contributed by atoms with E-state index in [-0.39, 0.29) is 6.10 Å². The van der Waals surface area contributed by atoms with Crippen LogP contribution in [0.1, 0.15) is 28.7 Å². The number of fused-ring (bicyclic) bond motifs is 1. The van der Waals surface area contributed by atoms with Crippen molar-refractivity contribution in [3.8, 4) is 11.8 Å². The number of rotatable bonds is 6. The van der Waals surface area contributed by atoms with Gasteiger partial charge < -0.3 is 9.64 Å². The van der Waals surface area contributed by atoms with Crippen molar-refractivity contribution in [3.05, 3.63) is 89.0 Å². The van der Waals surface area contributed by atoms with Crippen LogP contribution in [0.5, 0.6) is 5.75 Å². The monoisotopic (exact) mass is 473 g/mol. The van der Waals surface area contributed by atoms with Crippen LogP contribution in [0.2, 0.25) is 0 Å². The van der Waals surface area contributed by atoms with Gasteiger partial charge in [0.25, 0.3) is 0 Å². The summed E-state index contributed by atoms with van der Waals surface area (Å²) in [6.07, 6.45) is 2.02. The summed E-state index contributed by atoms with van der Waals surface area (Å²) in [6.45, 7) is 4.17. The Morgan fingerprint density at radius 2 is 1.74 bits per heavy atom. The summed E-state index contributed by atoms with van der Waals surface area (Å²) in [6, 6.07) is 23.7. The normalized spacial score (nSPS) is 18.0. The number of nitrogens with zero attached hydrogens (tertiary/aromatic N) is 3. The first-order valence-electron chi connectivity index (χ1n) is 11.4. The lowest BCUT2D eigenvalue weighted by atomic mass is 10.1. The van der Waals surface area contributed by atoms with Gasteiger partial charge in [0.15, 0.2) is 9.84 Å². The van der Waals surface area contributed by atoms with Gasteiger partial charge in [0, 0.05) is 44.5 Å². The Kier molecular flexibility index (Phi) is 6.03. The molecule has 174 valence electrons. The zero-order chi connectivity index (χ0) is 23.7. The van der Waals surface area contributed by atoms with E-state index >= 15 is 0 Å². The second kappa shape index (κ2) is 9.13. The van der Waals surface area contributed by atoms with Crippen molar-refractivity contribution in [3.63, 3.8) is 0 Å². The van der Waals surface area contributed by atoms with E-state index in [1.165, 1.54) is 17.4 Å². The lowest BCUT2D eigenvalue weighted by Crippen LogP contribution is -2.24. The predicted octanol–water partition coefficient (Wildman–Crippen LogP) is 4.14. The smallest absolute Gasteiger partial charge is 0.175 e. The molecule has 0 amide bonds. The molecular formula is C27H27N3O3S. The molecule has 6 nitrogen and oxygen atoms in total. The summed E-state index contributed by atoms with van der Waals surface area (Å²) in [5.41, 5.74) is 5.39. The van der Waals surface area contributed by atoms with Gasteiger partial charge in [-0.25, -0.2) is 8.42 Å². The molecule has 0 spiro atoms. The summed E-state index contributed by atoms with van der Waals surface area (Å²) in [5.74, 6) is 0.621. The number of sulfone groups is 1. The molecule has 1 saturated heterocycles. The maximum atomic E-state index is 11.7. The van der Waals surface area contributed by atoms with Crippen LogP contribution in [0.3, 0.4) is 0 Å². The minimum Gasteiger partial charge on any atom is -0.487 e. The van der Waals surface area contributed by atoms with Crippen LogP contribution in [0.15, 0.2) is 71.6 Å². The van der Waals surface area contributed by atoms with Gasteiger partial charge in [-0.15, -0.1) is 0 Å². The first-order valence-corrected chi connectivity index (χ1v) is 13.3. The third-order valence-corrected chi connectivity index (χ3v) is 7.67. The van der Waals surface area contributed by atoms with Crippen molar-refractivity contribution in [2.24, 2.45) is 0 Å². The highest BCUT2D eigenvalue weighted by Gasteiger charge is 2.26. The highest BCUT2D eigenvalue weighted by molar-refractivity contribution is 7.90. The molecule has 3 aromatic rings. The van der Waals surface area contributed by atoms with Gasteiger partial charge in [0.2, 0.25) is 0 Å². The lowest BCUT2D eigenvalue weighted by Gasteiger charge is -2.20. The van der Waals surface area contributed by atoms with Crippen LogP contribution in [0.25, 0.3) is 0 Å². The van der Waals surface area contributed by atoms with Gasteiger partial charge >= 0.3 is 0 Å². The highest BCUT2D eigenvalue weighted by Crippen LogP contribution is 2.29. The van der Waals surface area contributed by atoms with Crippen molar-refractivity contribution in [1.82, 2.24) is 4.90 Å². The first-order chi connectivity index (χ1) is 16.4. The van der Waals surface area contributed by atoms with Crippen molar-refractivity contribution in [2.45, 2.75) is 37.1 Å². The molecule has 0 saturated carbocycles. The van der Waals surface area contributed by atoms with Crippen molar-refractivity contribution < 1.29 is 13.2 Å². The standard InChI is InChI=1S/C27H27N3O3S/c1-34(31,32)26-9-7-24(8-10-26)30-13-12-25(19-30)33-27-11-6-20(14-23(27)15-28)16-29-17-21-4-2-3-5-22(21)18-29/h2-11,14,25H,12-13,16-19H2,1H3/t25-/m0/s1. The summed E-state index contributed by atoms with van der Waals surface area (Å²) >= 11 is 0. The average Bonchev–Trinajstić information content (AvgIpc) is 3.46. The number of ether oxygens (including phenoxy) is 1. The van der Waals surface area contributed by atoms with Crippen LogP contribution in [0, 0.1) is 11.3 Å². The fraction of sp³-hybridized carbons (Fsp3) is 0.296. The van der Waals surface area contributed by atoms with E-state index in [1.54, 1.807) is 12.1 Å². The van der Waals surface area contributed by atoms with Gasteiger partial charge in [0.1, 0.15) is 17.9 Å². The second-order valence-corrected chi connectivity index (χ2v) is 11.1. The molecule has 3 aromatic carbocycles. The Bertz CT molecular complexity index is 1320. The maximum absolute atomic E-state index is 11.7. The van der Waals surface area contributed by atoms with Crippen LogP contribution in [0.4, 0.5) is 5.69 Å². The molecule has 0 aliphatic carbocycles. The van der Waals surface area contributed by atoms with E-state index in [0.717, 1.165) is 43.9 Å². The molecule has 7 heteroatoms. The Morgan fingerprint density at radius 1 is 1.03 bits per heavy atom. The van der Waals surface area contributed by atoms with E-state index in [1.807, 2.05) is 24.3 Å². The molecule has 0 aromatic heterocycles. The fourth-order valence-electron chi connectivity index (χ4n) is 4.78. The third-order valence-electron chi connectivity index (χ3n) is 6.55. The van der Waals surface area contributed by atoms with Crippen molar-refractivity contribution in [1.29, 1.82) is 5.26 Å². The summed E-state index contributed by atoms with van der Waals surface area (Å²) in [4.78, 5) is 4.88. The minimum atomic E-state index is -3.20. The van der Waals surface area contributed by atoms with Gasteiger partial charge in [-0.3, -0.25) is 4.90 Å². The lowest BCUT2D eigenvalue weighted by molar-refractivity contribution is 0.224. The van der Waals surface area contributed by atoms with Gasteiger partial charge in [0.05, 0.1) is 17.0 Å². The zero-order valence-electron chi connectivity index (χ0n) is 19.1. The largest absolute Gasteiger partial charge is 0.487 e. The van der Waals surface area contributed by atoms with E-state index < -0.39 is 9.84 Å². The summed E-state index contributed by atoms with van der Waals surface area (Å²) < 4.78 is 29.6. The third kappa shape index (κ3) is 4.79. The Labute approximate surface area is 200 Å². The number of hydrogen-bond acceptors (Lipinski definition) is 6. The van der Waals surface area contributed by atoms with Gasteiger partial charge in [-0.2, -0.15) is 5.26 Å². The molecule has 2 heterocycles. The molecule has 2 aliphatic rings. The molecule has 5 rings (SSSR count). The Balaban J connectivity index is 1.22. The molecule has 1 fully saturated rings. The number of hydrogen-bond donors (Lipinski definition) is 0. The molecule has 0 N–H and O–H groups in total. The quantitative estimate of drug-likeness (QED) is 0.536. The number of benzene rings is 3. The molecule has 2 aliphatic heterocycles. The zero-order valence-corrected chi connectivity index (χ0v) is 20.0. The summed E-state index contributed by atoms with van der Waals surface area (Å²) in [7, 11) is -3.20. The molecule has 1 atom stereocenters. The topological polar surface area (TPSA) is 73.6 Å². The van der Waals surface area contributed by atoms with Crippen molar-refractivity contribution >= 4 is 15.5 Å². The first kappa shape index (κ1) is 22.5. The second-order valence-electron chi connectivity index (χ2n) is 9.10. The van der Waals surface area contributed by atoms with E-state index in [0.29, 0.717) is 22.8 Å². The van der Waals surface area contributed by atoms with E-state index in [9.17, 15) is 13.7 Å². The van der Waals surface area contributed by atoms with Gasteiger partial charge in [-0.05, 0) is 53.1 Å². The van der Waals surface area contributed by atoms with Crippen LogP contribution in [-0.2, 0) is 29.5 Å². The Hall–Kier alpha value is -3.34. The van der Waals surface area contributed by atoms with Gasteiger partial charge in [-0.1, -0.05) is 30.3 Å². The fourth-order valence-corrected chi connectivity index (χ4v) is 5.41. The number of anilines is 1. The van der Waals surface area contributed by atoms with Crippen LogP contribution in [-0.4, -0.2) is 38.8 Å². The van der Waals surface area contributed by atoms with Crippen LogP contribution >= 0.6 is 0 Å². The predicted molar refractivity (Wildman–Crippen MR) is 131 cm³/mol. The minimum absolute atomic E-state index is 0.0272. The SMILES string of the molecule is CS(=O)(=O)c1ccc(N2CC[C@H](Oc3ccc(CN4Cc5ccccc5C4)cc3C#N)C2)cc1. The van der Waals surface area contributed by atoms with Crippen LogP contribution < -0.4 is 9.64 Å². The molecule has 0 bridgehead atoms. The molecular weight excluding hydrogens is 446 g/mol. The molecule has 0 radical (unpaired) electrons. The molecule has 34 heavy (non-hydrogen) atoms. The molecule has 0 unspecified atom stereocenters. The highest BCUT2D eigenvalue weighted by atomic mass is 32.2. The average molecular weight is 474 g/mol. The maximum Gasteiger partial charge on any atom is 0.175 e. The number of nitriles is 1.